The second-order valence-electron chi connectivity index (χ2n) is 4.48. The van der Waals surface area contributed by atoms with Crippen LogP contribution in [0, 0.1) is 6.92 Å². The molecule has 3 heteroatoms. The fourth-order valence-corrected chi connectivity index (χ4v) is 1.95. The van der Waals surface area contributed by atoms with Crippen LogP contribution in [-0.4, -0.2) is 4.98 Å². The van der Waals surface area contributed by atoms with Crippen LogP contribution in [0.5, 0.6) is 11.5 Å². The van der Waals surface area contributed by atoms with Crippen molar-refractivity contribution in [2.75, 3.05) is 5.73 Å². The molecule has 0 fully saturated rings. The molecule has 0 atom stereocenters. The monoisotopic (exact) mass is 250 g/mol. The molecule has 2 N–H and O–H groups in total. The molecule has 3 aromatic rings. The minimum atomic E-state index is 0.725. The highest BCUT2D eigenvalue weighted by molar-refractivity contribution is 5.79. The second kappa shape index (κ2) is 4.61. The van der Waals surface area contributed by atoms with Crippen molar-refractivity contribution in [1.82, 2.24) is 4.98 Å². The van der Waals surface area contributed by atoms with Gasteiger partial charge in [-0.05, 0) is 42.8 Å². The van der Waals surface area contributed by atoms with E-state index in [9.17, 15) is 0 Å². The van der Waals surface area contributed by atoms with Crippen LogP contribution < -0.4 is 10.5 Å². The first-order valence-corrected chi connectivity index (χ1v) is 6.11. The van der Waals surface area contributed by atoms with E-state index < -0.39 is 0 Å². The second-order valence-corrected chi connectivity index (χ2v) is 4.48. The third-order valence-corrected chi connectivity index (χ3v) is 3.04. The van der Waals surface area contributed by atoms with Crippen LogP contribution >= 0.6 is 0 Å². The summed E-state index contributed by atoms with van der Waals surface area (Å²) in [6, 6.07) is 15.6. The van der Waals surface area contributed by atoms with Gasteiger partial charge in [-0.25, -0.2) is 0 Å². The summed E-state index contributed by atoms with van der Waals surface area (Å²) in [5.74, 6) is 1.49. The van der Waals surface area contributed by atoms with Crippen molar-refractivity contribution >= 4 is 16.6 Å². The zero-order valence-electron chi connectivity index (χ0n) is 10.6. The summed E-state index contributed by atoms with van der Waals surface area (Å²) < 4.78 is 5.80. The van der Waals surface area contributed by atoms with Crippen LogP contribution in [0.25, 0.3) is 10.9 Å². The minimum absolute atomic E-state index is 0.725. The van der Waals surface area contributed by atoms with Crippen LogP contribution in [0.1, 0.15) is 5.56 Å². The number of nitrogens with zero attached hydrogens (tertiary/aromatic N) is 1. The molecule has 0 bridgehead atoms. The Morgan fingerprint density at radius 1 is 1.00 bits per heavy atom. The fraction of sp³-hybridized carbons (Fsp3) is 0.0625. The minimum Gasteiger partial charge on any atom is -0.456 e. The van der Waals surface area contributed by atoms with E-state index >= 15 is 0 Å². The van der Waals surface area contributed by atoms with Crippen LogP contribution in [0.4, 0.5) is 5.69 Å². The Morgan fingerprint density at radius 2 is 1.84 bits per heavy atom. The molecule has 1 aromatic heterocycles. The molecule has 0 radical (unpaired) electrons. The zero-order chi connectivity index (χ0) is 13.2. The largest absolute Gasteiger partial charge is 0.456 e. The zero-order valence-corrected chi connectivity index (χ0v) is 10.6. The molecule has 0 saturated heterocycles. The molecular formula is C16H14N2O. The van der Waals surface area contributed by atoms with Crippen LogP contribution in [0.15, 0.2) is 54.7 Å². The van der Waals surface area contributed by atoms with Crippen molar-refractivity contribution in [3.05, 3.63) is 60.3 Å². The van der Waals surface area contributed by atoms with E-state index in [4.69, 9.17) is 10.5 Å². The maximum Gasteiger partial charge on any atom is 0.146 e. The van der Waals surface area contributed by atoms with Crippen LogP contribution in [0.2, 0.25) is 0 Å². The summed E-state index contributed by atoms with van der Waals surface area (Å²) in [4.78, 5) is 4.37. The molecule has 0 aliphatic heterocycles. The summed E-state index contributed by atoms with van der Waals surface area (Å²) in [5, 5.41) is 1.06. The normalized spacial score (nSPS) is 10.6. The van der Waals surface area contributed by atoms with Gasteiger partial charge in [0.1, 0.15) is 11.5 Å². The number of aromatic nitrogens is 1. The molecule has 19 heavy (non-hydrogen) atoms. The summed E-state index contributed by atoms with van der Waals surface area (Å²) in [6.07, 6.45) is 1.73. The van der Waals surface area contributed by atoms with Gasteiger partial charge in [0, 0.05) is 11.1 Å². The smallest absolute Gasteiger partial charge is 0.146 e. The van der Waals surface area contributed by atoms with Crippen molar-refractivity contribution in [3.63, 3.8) is 0 Å². The van der Waals surface area contributed by atoms with Gasteiger partial charge in [0.15, 0.2) is 0 Å². The van der Waals surface area contributed by atoms with Crippen molar-refractivity contribution in [3.8, 4) is 11.5 Å². The van der Waals surface area contributed by atoms with E-state index in [-0.39, 0.29) is 0 Å². The first-order chi connectivity index (χ1) is 9.22. The van der Waals surface area contributed by atoms with Gasteiger partial charge in [-0.1, -0.05) is 18.2 Å². The Kier molecular flexibility index (Phi) is 2.80. The Labute approximate surface area is 111 Å². The van der Waals surface area contributed by atoms with E-state index in [1.165, 1.54) is 0 Å². The first-order valence-electron chi connectivity index (χ1n) is 6.11. The number of pyridine rings is 1. The quantitative estimate of drug-likeness (QED) is 0.701. The highest BCUT2D eigenvalue weighted by Gasteiger charge is 2.02. The lowest BCUT2D eigenvalue weighted by molar-refractivity contribution is 0.481. The van der Waals surface area contributed by atoms with Gasteiger partial charge < -0.3 is 10.5 Å². The number of fused-ring (bicyclic) bond motifs is 1. The Balaban J connectivity index is 1.94. The molecule has 3 nitrogen and oxygen atoms in total. The molecule has 2 aromatic carbocycles. The molecule has 94 valence electrons. The number of rotatable bonds is 2. The molecule has 0 amide bonds. The number of aryl methyl sites for hydroxylation is 1. The number of hydrogen-bond donors (Lipinski definition) is 1. The van der Waals surface area contributed by atoms with Gasteiger partial charge in [-0.15, -0.1) is 0 Å². The number of ether oxygens (including phenoxy) is 1. The maximum atomic E-state index is 5.80. The lowest BCUT2D eigenvalue weighted by Crippen LogP contribution is -1.91. The molecule has 0 spiro atoms. The molecule has 0 aliphatic carbocycles. The molecule has 3 rings (SSSR count). The molecular weight excluding hydrogens is 236 g/mol. The Bertz CT molecular complexity index is 738. The van der Waals surface area contributed by atoms with E-state index in [2.05, 4.69) is 4.98 Å². The number of anilines is 1. The number of nitrogen functional groups attached to an aromatic ring is 1. The summed E-state index contributed by atoms with van der Waals surface area (Å²) in [6.45, 7) is 1.96. The van der Waals surface area contributed by atoms with E-state index in [1.54, 1.807) is 6.20 Å². The number of benzene rings is 2. The van der Waals surface area contributed by atoms with Gasteiger partial charge in [0.05, 0.1) is 11.7 Å². The summed E-state index contributed by atoms with van der Waals surface area (Å²) in [7, 11) is 0. The topological polar surface area (TPSA) is 48.1 Å². The van der Waals surface area contributed by atoms with Gasteiger partial charge in [0.25, 0.3) is 0 Å². The standard InChI is InChI=1S/C16H14N2O/c1-11-8-13(6-7-15(11)17)19-14-9-12-4-2-3-5-16(12)18-10-14/h2-10H,17H2,1H3. The van der Waals surface area contributed by atoms with E-state index in [0.717, 1.165) is 33.7 Å². The number of nitrogens with two attached hydrogens (primary N) is 1. The summed E-state index contributed by atoms with van der Waals surface area (Å²) >= 11 is 0. The Hall–Kier alpha value is -2.55. The Morgan fingerprint density at radius 3 is 2.68 bits per heavy atom. The van der Waals surface area contributed by atoms with E-state index in [1.807, 2.05) is 55.5 Å². The predicted octanol–water partition coefficient (Wildman–Crippen LogP) is 3.92. The average molecular weight is 250 g/mol. The molecule has 0 aliphatic rings. The first kappa shape index (κ1) is 11.5. The lowest BCUT2D eigenvalue weighted by Gasteiger charge is -2.08. The maximum absolute atomic E-state index is 5.80. The average Bonchev–Trinajstić information content (AvgIpc) is 2.43. The third kappa shape index (κ3) is 2.36. The van der Waals surface area contributed by atoms with Gasteiger partial charge in [-0.3, -0.25) is 4.98 Å². The third-order valence-electron chi connectivity index (χ3n) is 3.04. The van der Waals surface area contributed by atoms with Crippen LogP contribution in [-0.2, 0) is 0 Å². The van der Waals surface area contributed by atoms with Gasteiger partial charge in [-0.2, -0.15) is 0 Å². The van der Waals surface area contributed by atoms with Gasteiger partial charge in [0.2, 0.25) is 0 Å². The number of hydrogen-bond acceptors (Lipinski definition) is 3. The SMILES string of the molecule is Cc1cc(Oc2cnc3ccccc3c2)ccc1N. The highest BCUT2D eigenvalue weighted by atomic mass is 16.5. The highest BCUT2D eigenvalue weighted by Crippen LogP contribution is 2.26. The van der Waals surface area contributed by atoms with Crippen LogP contribution in [0.3, 0.4) is 0 Å². The van der Waals surface area contributed by atoms with Crippen molar-refractivity contribution in [1.29, 1.82) is 0 Å². The molecule has 0 saturated carbocycles. The van der Waals surface area contributed by atoms with E-state index in [0.29, 0.717) is 0 Å². The number of para-hydroxylation sites is 1. The van der Waals surface area contributed by atoms with Crippen molar-refractivity contribution in [2.24, 2.45) is 0 Å². The summed E-state index contributed by atoms with van der Waals surface area (Å²) in [5.41, 5.74) is 8.52. The molecule has 0 unspecified atom stereocenters. The predicted molar refractivity (Wildman–Crippen MR) is 77.4 cm³/mol. The van der Waals surface area contributed by atoms with Crippen molar-refractivity contribution < 1.29 is 4.74 Å². The van der Waals surface area contributed by atoms with Crippen molar-refractivity contribution in [2.45, 2.75) is 6.92 Å². The van der Waals surface area contributed by atoms with Gasteiger partial charge >= 0.3 is 0 Å². The fourth-order valence-electron chi connectivity index (χ4n) is 1.95. The molecule has 1 heterocycles. The lowest BCUT2D eigenvalue weighted by atomic mass is 10.2.